The van der Waals surface area contributed by atoms with E-state index in [1.807, 2.05) is 24.3 Å². The molecule has 2 aromatic carbocycles. The second-order valence-corrected chi connectivity index (χ2v) is 5.20. The Morgan fingerprint density at radius 3 is 2.37 bits per heavy atom. The van der Waals surface area contributed by atoms with Crippen LogP contribution in [0.1, 0.15) is 36.0 Å². The van der Waals surface area contributed by atoms with E-state index >= 15 is 0 Å². The van der Waals surface area contributed by atoms with Crippen molar-refractivity contribution in [3.8, 4) is 0 Å². The van der Waals surface area contributed by atoms with Gasteiger partial charge in [-0.1, -0.05) is 42.5 Å². The van der Waals surface area contributed by atoms with Gasteiger partial charge in [0.2, 0.25) is 0 Å². The molecule has 0 fully saturated rings. The zero-order valence-corrected chi connectivity index (χ0v) is 10.8. The average molecular weight is 256 g/mol. The van der Waals surface area contributed by atoms with Gasteiger partial charge in [-0.15, -0.1) is 0 Å². The lowest BCUT2D eigenvalue weighted by Gasteiger charge is -2.30. The summed E-state index contributed by atoms with van der Waals surface area (Å²) in [6.45, 7) is 0. The smallest absolute Gasteiger partial charge is 0.129 e. The van der Waals surface area contributed by atoms with E-state index in [-0.39, 0.29) is 5.82 Å². The standard InChI is InChI=1S/C17H17FO/c18-16-11-4-3-10-15(16)17(19)12-6-5-8-13-7-1-2-9-14(13)17/h1-4,7,9-11,19H,5-6,8,12H2. The van der Waals surface area contributed by atoms with Crippen LogP contribution < -0.4 is 0 Å². The Balaban J connectivity index is 2.20. The monoisotopic (exact) mass is 256 g/mol. The van der Waals surface area contributed by atoms with E-state index in [9.17, 15) is 9.50 Å². The Morgan fingerprint density at radius 1 is 0.895 bits per heavy atom. The summed E-state index contributed by atoms with van der Waals surface area (Å²) < 4.78 is 14.1. The minimum Gasteiger partial charge on any atom is -0.380 e. The van der Waals surface area contributed by atoms with Crippen molar-refractivity contribution in [2.75, 3.05) is 0 Å². The number of benzene rings is 2. The molecule has 0 amide bonds. The third-order valence-corrected chi connectivity index (χ3v) is 4.02. The van der Waals surface area contributed by atoms with Gasteiger partial charge >= 0.3 is 0 Å². The van der Waals surface area contributed by atoms with Gasteiger partial charge in [-0.05, 0) is 42.9 Å². The normalized spacial score (nSPS) is 22.6. The molecule has 3 rings (SSSR count). The number of halogens is 1. The van der Waals surface area contributed by atoms with Crippen molar-refractivity contribution in [1.82, 2.24) is 0 Å². The third kappa shape index (κ3) is 2.06. The Labute approximate surface area is 112 Å². The topological polar surface area (TPSA) is 20.2 Å². The van der Waals surface area contributed by atoms with Crippen LogP contribution in [0.3, 0.4) is 0 Å². The molecule has 1 atom stereocenters. The van der Waals surface area contributed by atoms with Crippen LogP contribution in [0.25, 0.3) is 0 Å². The van der Waals surface area contributed by atoms with Gasteiger partial charge in [-0.2, -0.15) is 0 Å². The zero-order valence-electron chi connectivity index (χ0n) is 10.8. The maximum atomic E-state index is 14.1. The molecule has 0 saturated heterocycles. The van der Waals surface area contributed by atoms with Crippen molar-refractivity contribution in [3.05, 3.63) is 71.0 Å². The van der Waals surface area contributed by atoms with Gasteiger partial charge in [-0.25, -0.2) is 4.39 Å². The molecule has 0 aromatic heterocycles. The summed E-state index contributed by atoms with van der Waals surface area (Å²) in [5.41, 5.74) is 1.19. The van der Waals surface area contributed by atoms with Crippen LogP contribution in [0.2, 0.25) is 0 Å². The van der Waals surface area contributed by atoms with E-state index in [2.05, 4.69) is 0 Å². The second-order valence-electron chi connectivity index (χ2n) is 5.20. The van der Waals surface area contributed by atoms with Crippen LogP contribution >= 0.6 is 0 Å². The number of aryl methyl sites for hydroxylation is 1. The van der Waals surface area contributed by atoms with Crippen molar-refractivity contribution in [3.63, 3.8) is 0 Å². The highest BCUT2D eigenvalue weighted by atomic mass is 19.1. The lowest BCUT2D eigenvalue weighted by molar-refractivity contribution is 0.0666. The fourth-order valence-corrected chi connectivity index (χ4v) is 3.05. The molecule has 2 heteroatoms. The van der Waals surface area contributed by atoms with E-state index in [0.29, 0.717) is 12.0 Å². The molecule has 1 nitrogen and oxygen atoms in total. The molecule has 0 radical (unpaired) electrons. The van der Waals surface area contributed by atoms with Crippen LogP contribution in [0.5, 0.6) is 0 Å². The maximum absolute atomic E-state index is 14.1. The molecule has 1 N–H and O–H groups in total. The first-order valence-electron chi connectivity index (χ1n) is 6.77. The first-order chi connectivity index (χ1) is 9.22. The Hall–Kier alpha value is -1.67. The van der Waals surface area contributed by atoms with Gasteiger partial charge < -0.3 is 5.11 Å². The summed E-state index contributed by atoms with van der Waals surface area (Å²) in [5, 5.41) is 11.1. The summed E-state index contributed by atoms with van der Waals surface area (Å²) in [6.07, 6.45) is 3.46. The largest absolute Gasteiger partial charge is 0.380 e. The fourth-order valence-electron chi connectivity index (χ4n) is 3.05. The predicted molar refractivity (Wildman–Crippen MR) is 73.4 cm³/mol. The first kappa shape index (κ1) is 12.4. The molecule has 0 spiro atoms. The van der Waals surface area contributed by atoms with E-state index in [1.54, 1.807) is 18.2 Å². The molecule has 0 bridgehead atoms. The van der Waals surface area contributed by atoms with Crippen LogP contribution in [0.15, 0.2) is 48.5 Å². The SMILES string of the molecule is OC1(c2ccccc2F)CCCCc2ccccc21. The lowest BCUT2D eigenvalue weighted by Crippen LogP contribution is -2.28. The van der Waals surface area contributed by atoms with Gasteiger partial charge in [0.1, 0.15) is 11.4 Å². The molecule has 0 heterocycles. The van der Waals surface area contributed by atoms with Gasteiger partial charge in [0.15, 0.2) is 0 Å². The van der Waals surface area contributed by atoms with Gasteiger partial charge in [0.05, 0.1) is 0 Å². The average Bonchev–Trinajstić information content (AvgIpc) is 2.60. The van der Waals surface area contributed by atoms with E-state index in [4.69, 9.17) is 0 Å². The van der Waals surface area contributed by atoms with Crippen LogP contribution in [-0.2, 0) is 12.0 Å². The van der Waals surface area contributed by atoms with Crippen molar-refractivity contribution < 1.29 is 9.50 Å². The Kier molecular flexibility index (Phi) is 3.11. The van der Waals surface area contributed by atoms with Gasteiger partial charge in [0, 0.05) is 5.56 Å². The maximum Gasteiger partial charge on any atom is 0.129 e. The Bertz CT molecular complexity index is 593. The van der Waals surface area contributed by atoms with Crippen LogP contribution in [0.4, 0.5) is 4.39 Å². The molecule has 2 aromatic rings. The molecule has 1 aliphatic rings. The molecule has 1 unspecified atom stereocenters. The second kappa shape index (κ2) is 4.78. The summed E-state index contributed by atoms with van der Waals surface area (Å²) in [7, 11) is 0. The molecule has 1 aliphatic carbocycles. The predicted octanol–water partition coefficient (Wildman–Crippen LogP) is 3.79. The molecular formula is C17H17FO. The number of hydrogen-bond donors (Lipinski definition) is 1. The molecule has 0 aliphatic heterocycles. The van der Waals surface area contributed by atoms with E-state index < -0.39 is 5.60 Å². The summed E-state index contributed by atoms with van der Waals surface area (Å²) >= 11 is 0. The molecular weight excluding hydrogens is 239 g/mol. The van der Waals surface area contributed by atoms with Gasteiger partial charge in [0.25, 0.3) is 0 Å². The van der Waals surface area contributed by atoms with Crippen molar-refractivity contribution in [1.29, 1.82) is 0 Å². The summed E-state index contributed by atoms with van der Waals surface area (Å²) in [6, 6.07) is 14.4. The highest BCUT2D eigenvalue weighted by Crippen LogP contribution is 2.40. The van der Waals surface area contributed by atoms with Crippen molar-refractivity contribution in [2.24, 2.45) is 0 Å². The van der Waals surface area contributed by atoms with Crippen LogP contribution in [0, 0.1) is 5.82 Å². The summed E-state index contributed by atoms with van der Waals surface area (Å²) in [5.74, 6) is -0.332. The van der Waals surface area contributed by atoms with Crippen molar-refractivity contribution in [2.45, 2.75) is 31.3 Å². The zero-order chi connectivity index (χ0) is 13.3. The molecule has 19 heavy (non-hydrogen) atoms. The third-order valence-electron chi connectivity index (χ3n) is 4.02. The number of hydrogen-bond acceptors (Lipinski definition) is 1. The number of aliphatic hydroxyl groups is 1. The highest BCUT2D eigenvalue weighted by Gasteiger charge is 2.36. The molecule has 98 valence electrons. The first-order valence-corrected chi connectivity index (χ1v) is 6.77. The minimum absolute atomic E-state index is 0.332. The van der Waals surface area contributed by atoms with E-state index in [1.165, 1.54) is 6.07 Å². The highest BCUT2D eigenvalue weighted by molar-refractivity contribution is 5.42. The van der Waals surface area contributed by atoms with Crippen LogP contribution in [-0.4, -0.2) is 5.11 Å². The molecule has 0 saturated carbocycles. The van der Waals surface area contributed by atoms with Gasteiger partial charge in [-0.3, -0.25) is 0 Å². The quantitative estimate of drug-likeness (QED) is 0.770. The van der Waals surface area contributed by atoms with E-state index in [0.717, 1.165) is 30.4 Å². The number of fused-ring (bicyclic) bond motifs is 1. The fraction of sp³-hybridized carbons (Fsp3) is 0.294. The lowest BCUT2D eigenvalue weighted by atomic mass is 9.81. The number of rotatable bonds is 1. The minimum atomic E-state index is -1.20. The summed E-state index contributed by atoms with van der Waals surface area (Å²) in [4.78, 5) is 0. The Morgan fingerprint density at radius 2 is 1.58 bits per heavy atom. The van der Waals surface area contributed by atoms with Crippen molar-refractivity contribution >= 4 is 0 Å².